The molecule has 0 radical (unpaired) electrons. The molecule has 0 aliphatic heterocycles. The van der Waals surface area contributed by atoms with E-state index in [-0.39, 0.29) is 12.1 Å². The lowest BCUT2D eigenvalue weighted by atomic mass is 9.96. The van der Waals surface area contributed by atoms with Crippen molar-refractivity contribution < 1.29 is 4.79 Å². The Hall–Kier alpha value is -1.17. The Balaban J connectivity index is 2.22. The van der Waals surface area contributed by atoms with Gasteiger partial charge in [-0.05, 0) is 19.8 Å². The predicted molar refractivity (Wildman–Crippen MR) is 56.8 cm³/mol. The van der Waals surface area contributed by atoms with E-state index in [1.807, 2.05) is 0 Å². The second kappa shape index (κ2) is 5.54. The standard InChI is InChI=1S/C11H18N2O/c1-3-9(2)12-11(14)13-10-7-5-4-6-8-10/h1,9-10H,4-8H2,2H3,(H2,12,13,14). The van der Waals surface area contributed by atoms with E-state index in [0.29, 0.717) is 6.04 Å². The molecule has 0 aromatic carbocycles. The summed E-state index contributed by atoms with van der Waals surface area (Å²) >= 11 is 0. The molecule has 1 saturated carbocycles. The zero-order chi connectivity index (χ0) is 10.4. The van der Waals surface area contributed by atoms with Gasteiger partial charge in [-0.25, -0.2) is 4.79 Å². The largest absolute Gasteiger partial charge is 0.335 e. The summed E-state index contributed by atoms with van der Waals surface area (Å²) in [5, 5.41) is 5.63. The summed E-state index contributed by atoms with van der Waals surface area (Å²) in [5.74, 6) is 2.46. The highest BCUT2D eigenvalue weighted by Crippen LogP contribution is 2.17. The van der Waals surface area contributed by atoms with Crippen LogP contribution < -0.4 is 10.6 Å². The van der Waals surface area contributed by atoms with Crippen molar-refractivity contribution in [1.82, 2.24) is 10.6 Å². The van der Waals surface area contributed by atoms with Crippen LogP contribution in [0.25, 0.3) is 0 Å². The quantitative estimate of drug-likeness (QED) is 0.645. The van der Waals surface area contributed by atoms with E-state index < -0.39 is 0 Å². The van der Waals surface area contributed by atoms with E-state index in [0.717, 1.165) is 12.8 Å². The summed E-state index contributed by atoms with van der Waals surface area (Å²) in [7, 11) is 0. The van der Waals surface area contributed by atoms with E-state index in [2.05, 4.69) is 16.6 Å². The number of terminal acetylenes is 1. The van der Waals surface area contributed by atoms with Gasteiger partial charge in [-0.3, -0.25) is 0 Å². The van der Waals surface area contributed by atoms with Gasteiger partial charge in [0.2, 0.25) is 0 Å². The van der Waals surface area contributed by atoms with Crippen LogP contribution in [-0.4, -0.2) is 18.1 Å². The molecule has 1 fully saturated rings. The van der Waals surface area contributed by atoms with Crippen LogP contribution in [0.5, 0.6) is 0 Å². The molecule has 2 amide bonds. The minimum atomic E-state index is -0.196. The Morgan fingerprint density at radius 3 is 2.64 bits per heavy atom. The summed E-state index contributed by atoms with van der Waals surface area (Å²) in [5.41, 5.74) is 0. The van der Waals surface area contributed by atoms with E-state index in [1.54, 1.807) is 6.92 Å². The zero-order valence-electron chi connectivity index (χ0n) is 8.68. The molecule has 0 bridgehead atoms. The first kappa shape index (κ1) is 10.9. The Bertz CT molecular complexity index is 226. The number of carbonyl (C=O) groups excluding carboxylic acids is 1. The SMILES string of the molecule is C#CC(C)NC(=O)NC1CCCCC1. The molecule has 0 heterocycles. The van der Waals surface area contributed by atoms with Crippen molar-refractivity contribution in [1.29, 1.82) is 0 Å². The molecule has 1 aliphatic carbocycles. The Kier molecular flexibility index (Phi) is 4.31. The number of carbonyl (C=O) groups is 1. The Morgan fingerprint density at radius 2 is 2.07 bits per heavy atom. The molecule has 14 heavy (non-hydrogen) atoms. The molecule has 78 valence electrons. The lowest BCUT2D eigenvalue weighted by Crippen LogP contribution is -2.45. The van der Waals surface area contributed by atoms with Crippen molar-refractivity contribution >= 4 is 6.03 Å². The highest BCUT2D eigenvalue weighted by molar-refractivity contribution is 5.74. The lowest BCUT2D eigenvalue weighted by molar-refractivity contribution is 0.231. The van der Waals surface area contributed by atoms with Gasteiger partial charge in [0.25, 0.3) is 0 Å². The van der Waals surface area contributed by atoms with E-state index in [1.165, 1.54) is 19.3 Å². The van der Waals surface area contributed by atoms with Crippen LogP contribution in [0.2, 0.25) is 0 Å². The van der Waals surface area contributed by atoms with Crippen LogP contribution >= 0.6 is 0 Å². The molecule has 1 rings (SSSR count). The average molecular weight is 194 g/mol. The normalized spacial score (nSPS) is 19.4. The van der Waals surface area contributed by atoms with E-state index >= 15 is 0 Å². The molecular formula is C11H18N2O. The third-order valence-electron chi connectivity index (χ3n) is 2.54. The average Bonchev–Trinajstić information content (AvgIpc) is 2.19. The van der Waals surface area contributed by atoms with Crippen molar-refractivity contribution in [2.75, 3.05) is 0 Å². The molecule has 1 atom stereocenters. The second-order valence-electron chi connectivity index (χ2n) is 3.84. The number of urea groups is 1. The van der Waals surface area contributed by atoms with E-state index in [9.17, 15) is 4.79 Å². The predicted octanol–water partition coefficient (Wildman–Crippen LogP) is 1.64. The fraction of sp³-hybridized carbons (Fsp3) is 0.727. The monoisotopic (exact) mass is 194 g/mol. The molecule has 1 aliphatic rings. The van der Waals surface area contributed by atoms with Crippen LogP contribution in [0.3, 0.4) is 0 Å². The van der Waals surface area contributed by atoms with Gasteiger partial charge in [0.15, 0.2) is 0 Å². The first-order valence-electron chi connectivity index (χ1n) is 5.25. The Morgan fingerprint density at radius 1 is 1.43 bits per heavy atom. The first-order chi connectivity index (χ1) is 6.72. The maximum Gasteiger partial charge on any atom is 0.315 e. The summed E-state index contributed by atoms with van der Waals surface area (Å²) in [6.45, 7) is 1.79. The molecular weight excluding hydrogens is 176 g/mol. The van der Waals surface area contributed by atoms with Gasteiger partial charge in [-0.1, -0.05) is 25.2 Å². The van der Waals surface area contributed by atoms with Crippen LogP contribution in [0.4, 0.5) is 4.79 Å². The Labute approximate surface area is 85.6 Å². The topological polar surface area (TPSA) is 41.1 Å². The molecule has 0 aromatic rings. The fourth-order valence-corrected chi connectivity index (χ4v) is 1.71. The van der Waals surface area contributed by atoms with Crippen LogP contribution in [-0.2, 0) is 0 Å². The third-order valence-corrected chi connectivity index (χ3v) is 2.54. The van der Waals surface area contributed by atoms with Gasteiger partial charge >= 0.3 is 6.03 Å². The molecule has 2 N–H and O–H groups in total. The van der Waals surface area contributed by atoms with Crippen molar-refractivity contribution in [2.45, 2.75) is 51.1 Å². The molecule has 0 spiro atoms. The molecule has 3 nitrogen and oxygen atoms in total. The molecule has 0 aromatic heterocycles. The minimum absolute atomic E-state index is 0.137. The summed E-state index contributed by atoms with van der Waals surface area (Å²) < 4.78 is 0. The van der Waals surface area contributed by atoms with Gasteiger partial charge in [0, 0.05) is 6.04 Å². The van der Waals surface area contributed by atoms with Gasteiger partial charge in [-0.2, -0.15) is 0 Å². The smallest absolute Gasteiger partial charge is 0.315 e. The van der Waals surface area contributed by atoms with Gasteiger partial charge in [-0.15, -0.1) is 6.42 Å². The maximum absolute atomic E-state index is 11.4. The summed E-state index contributed by atoms with van der Waals surface area (Å²) in [4.78, 5) is 11.4. The van der Waals surface area contributed by atoms with Crippen molar-refractivity contribution in [3.05, 3.63) is 0 Å². The van der Waals surface area contributed by atoms with Crippen LogP contribution in [0.15, 0.2) is 0 Å². The summed E-state index contributed by atoms with van der Waals surface area (Å²) in [6, 6.07) is 0.00895. The number of nitrogens with one attached hydrogen (secondary N) is 2. The van der Waals surface area contributed by atoms with E-state index in [4.69, 9.17) is 6.42 Å². The summed E-state index contributed by atoms with van der Waals surface area (Å²) in [6.07, 6.45) is 11.1. The maximum atomic E-state index is 11.4. The van der Waals surface area contributed by atoms with Gasteiger partial charge < -0.3 is 10.6 Å². The van der Waals surface area contributed by atoms with Crippen molar-refractivity contribution in [3.63, 3.8) is 0 Å². The minimum Gasteiger partial charge on any atom is -0.335 e. The third kappa shape index (κ3) is 3.69. The molecule has 0 saturated heterocycles. The highest BCUT2D eigenvalue weighted by Gasteiger charge is 2.15. The van der Waals surface area contributed by atoms with Crippen molar-refractivity contribution in [3.8, 4) is 12.3 Å². The lowest BCUT2D eigenvalue weighted by Gasteiger charge is -2.23. The van der Waals surface area contributed by atoms with Crippen LogP contribution in [0.1, 0.15) is 39.0 Å². The molecule has 1 unspecified atom stereocenters. The fourth-order valence-electron chi connectivity index (χ4n) is 1.71. The first-order valence-corrected chi connectivity index (χ1v) is 5.25. The number of hydrogen-bond donors (Lipinski definition) is 2. The second-order valence-corrected chi connectivity index (χ2v) is 3.84. The van der Waals surface area contributed by atoms with Crippen LogP contribution in [0, 0.1) is 12.3 Å². The highest BCUT2D eigenvalue weighted by atomic mass is 16.2. The van der Waals surface area contributed by atoms with Crippen molar-refractivity contribution in [2.24, 2.45) is 0 Å². The zero-order valence-corrected chi connectivity index (χ0v) is 8.68. The number of rotatable bonds is 2. The van der Waals surface area contributed by atoms with Gasteiger partial charge in [0.05, 0.1) is 6.04 Å². The number of hydrogen-bond acceptors (Lipinski definition) is 1. The molecule has 3 heteroatoms. The van der Waals surface area contributed by atoms with Gasteiger partial charge in [0.1, 0.15) is 0 Å². The number of amides is 2.